The van der Waals surface area contributed by atoms with Crippen LogP contribution in [0.5, 0.6) is 0 Å². The summed E-state index contributed by atoms with van der Waals surface area (Å²) < 4.78 is 5.65. The Balaban J connectivity index is 3.78. The van der Waals surface area contributed by atoms with Crippen molar-refractivity contribution >= 4 is 17.7 Å². The van der Waals surface area contributed by atoms with Crippen LogP contribution in [0.2, 0.25) is 0 Å². The highest BCUT2D eigenvalue weighted by molar-refractivity contribution is 5.84. The van der Waals surface area contributed by atoms with Gasteiger partial charge in [-0.2, -0.15) is 0 Å². The summed E-state index contributed by atoms with van der Waals surface area (Å²) in [5.74, 6) is -2.07. The summed E-state index contributed by atoms with van der Waals surface area (Å²) in [6, 6.07) is -1.43. The summed E-state index contributed by atoms with van der Waals surface area (Å²) in [6.07, 6.45) is 12.6. The monoisotopic (exact) mass is 428 g/mol. The van der Waals surface area contributed by atoms with Crippen molar-refractivity contribution in [2.75, 3.05) is 13.2 Å². The van der Waals surface area contributed by atoms with Gasteiger partial charge in [0.2, 0.25) is 5.91 Å². The second-order valence-electron chi connectivity index (χ2n) is 8.46. The fourth-order valence-corrected chi connectivity index (χ4v) is 3.37. The Morgan fingerprint density at radius 2 is 1.43 bits per heavy atom. The minimum atomic E-state index is -1.15. The van der Waals surface area contributed by atoms with Gasteiger partial charge in [-0.05, 0) is 13.3 Å². The van der Waals surface area contributed by atoms with Crippen molar-refractivity contribution in [3.05, 3.63) is 0 Å². The summed E-state index contributed by atoms with van der Waals surface area (Å²) in [5.41, 5.74) is 5.07. The number of ether oxygens (including phenoxy) is 1. The zero-order chi connectivity index (χ0) is 22.8. The number of rotatable bonds is 21. The lowest BCUT2D eigenvalue weighted by Gasteiger charge is -2.20. The molecule has 176 valence electrons. The quantitative estimate of drug-likeness (QED) is 0.239. The first kappa shape index (κ1) is 28.5. The maximum atomic E-state index is 12.3. The normalized spacial score (nSPS) is 14.2. The molecular formula is C23H44N2O5. The Bertz CT molecular complexity index is 484. The first-order valence-corrected chi connectivity index (χ1v) is 11.7. The third kappa shape index (κ3) is 16.3. The Morgan fingerprint density at radius 3 is 1.93 bits per heavy atom. The van der Waals surface area contributed by atoms with Crippen molar-refractivity contribution in [3.8, 4) is 0 Å². The molecule has 0 aliphatic carbocycles. The molecule has 0 saturated heterocycles. The van der Waals surface area contributed by atoms with E-state index in [2.05, 4.69) is 12.2 Å². The molecule has 0 radical (unpaired) electrons. The molecular weight excluding hydrogens is 384 g/mol. The van der Waals surface area contributed by atoms with E-state index in [1.54, 1.807) is 6.92 Å². The van der Waals surface area contributed by atoms with Gasteiger partial charge in [0, 0.05) is 25.0 Å². The number of Topliss-reactive ketones (excluding diaryl/α,β-unsaturated/α-hetero) is 1. The van der Waals surface area contributed by atoms with E-state index in [0.29, 0.717) is 13.2 Å². The lowest BCUT2D eigenvalue weighted by atomic mass is 10.0. The average Bonchev–Trinajstić information content (AvgIpc) is 2.67. The van der Waals surface area contributed by atoms with Gasteiger partial charge in [0.05, 0.1) is 13.0 Å². The van der Waals surface area contributed by atoms with E-state index in [-0.39, 0.29) is 30.6 Å². The third-order valence-electron chi connectivity index (χ3n) is 5.26. The van der Waals surface area contributed by atoms with Gasteiger partial charge in [0.15, 0.2) is 0 Å². The standard InChI is InChI=1S/C23H44N2O5/c1-4-5-6-7-8-9-10-11-12-13-14-30-17-18(2)21(26)15-19(3)25-20(23(28)29)16-22(24)27/h18-20,25H,4-17H2,1-3H3,(H2,24,27)(H,28,29). The smallest absolute Gasteiger partial charge is 0.321 e. The summed E-state index contributed by atoms with van der Waals surface area (Å²) in [7, 11) is 0. The molecule has 0 aromatic rings. The maximum absolute atomic E-state index is 12.3. The van der Waals surface area contributed by atoms with Crippen LogP contribution in [0.25, 0.3) is 0 Å². The van der Waals surface area contributed by atoms with E-state index in [1.165, 1.54) is 51.4 Å². The second-order valence-corrected chi connectivity index (χ2v) is 8.46. The molecule has 0 aliphatic heterocycles. The number of carboxylic acid groups (broad SMARTS) is 1. The van der Waals surface area contributed by atoms with Gasteiger partial charge in [0.1, 0.15) is 11.8 Å². The first-order chi connectivity index (χ1) is 14.3. The van der Waals surface area contributed by atoms with Gasteiger partial charge >= 0.3 is 5.97 Å². The van der Waals surface area contributed by atoms with Gasteiger partial charge < -0.3 is 20.9 Å². The molecule has 4 N–H and O–H groups in total. The van der Waals surface area contributed by atoms with E-state index in [1.807, 2.05) is 6.92 Å². The predicted octanol–water partition coefficient (Wildman–Crippen LogP) is 3.83. The van der Waals surface area contributed by atoms with Crippen LogP contribution in [0.4, 0.5) is 0 Å². The zero-order valence-corrected chi connectivity index (χ0v) is 19.3. The van der Waals surface area contributed by atoms with E-state index < -0.39 is 17.9 Å². The van der Waals surface area contributed by atoms with Crippen LogP contribution in [0.3, 0.4) is 0 Å². The Morgan fingerprint density at radius 1 is 0.900 bits per heavy atom. The number of hydrogen-bond donors (Lipinski definition) is 3. The molecule has 0 heterocycles. The highest BCUT2D eigenvalue weighted by Gasteiger charge is 2.24. The van der Waals surface area contributed by atoms with E-state index in [9.17, 15) is 14.4 Å². The van der Waals surface area contributed by atoms with Gasteiger partial charge in [0.25, 0.3) is 0 Å². The van der Waals surface area contributed by atoms with Crippen LogP contribution < -0.4 is 11.1 Å². The van der Waals surface area contributed by atoms with Gasteiger partial charge in [-0.15, -0.1) is 0 Å². The molecule has 1 amide bonds. The number of carbonyl (C=O) groups excluding carboxylic acids is 2. The van der Waals surface area contributed by atoms with Crippen molar-refractivity contribution in [1.29, 1.82) is 0 Å². The van der Waals surface area contributed by atoms with Crippen molar-refractivity contribution in [2.24, 2.45) is 11.7 Å². The number of hydrogen-bond acceptors (Lipinski definition) is 5. The number of nitrogens with two attached hydrogens (primary N) is 1. The Kier molecular flexibility index (Phi) is 17.4. The van der Waals surface area contributed by atoms with Gasteiger partial charge in [-0.3, -0.25) is 14.4 Å². The predicted molar refractivity (Wildman–Crippen MR) is 119 cm³/mol. The lowest BCUT2D eigenvalue weighted by Crippen LogP contribution is -2.45. The molecule has 3 unspecified atom stereocenters. The molecule has 0 aromatic carbocycles. The zero-order valence-electron chi connectivity index (χ0n) is 19.3. The minimum absolute atomic E-state index is 0.0151. The molecule has 3 atom stereocenters. The Hall–Kier alpha value is -1.47. The maximum Gasteiger partial charge on any atom is 0.321 e. The number of carboxylic acids is 1. The van der Waals surface area contributed by atoms with Gasteiger partial charge in [-0.1, -0.05) is 71.6 Å². The molecule has 0 fully saturated rings. The van der Waals surface area contributed by atoms with Crippen LogP contribution in [0, 0.1) is 5.92 Å². The fourth-order valence-electron chi connectivity index (χ4n) is 3.37. The molecule has 0 bridgehead atoms. The SMILES string of the molecule is CCCCCCCCCCCCOCC(C)C(=O)CC(C)NC(CC(N)=O)C(=O)O. The van der Waals surface area contributed by atoms with E-state index >= 15 is 0 Å². The second kappa shape index (κ2) is 18.3. The van der Waals surface area contributed by atoms with Crippen LogP contribution in [-0.4, -0.2) is 48.1 Å². The van der Waals surface area contributed by atoms with Crippen LogP contribution in [0.1, 0.15) is 97.8 Å². The number of amides is 1. The summed E-state index contributed by atoms with van der Waals surface area (Å²) in [4.78, 5) is 34.4. The van der Waals surface area contributed by atoms with Crippen molar-refractivity contribution in [3.63, 3.8) is 0 Å². The molecule has 7 heteroatoms. The first-order valence-electron chi connectivity index (χ1n) is 11.7. The number of carbonyl (C=O) groups is 3. The van der Waals surface area contributed by atoms with E-state index in [4.69, 9.17) is 15.6 Å². The number of ketones is 1. The van der Waals surface area contributed by atoms with Crippen molar-refractivity contribution in [1.82, 2.24) is 5.32 Å². The van der Waals surface area contributed by atoms with E-state index in [0.717, 1.165) is 12.8 Å². The van der Waals surface area contributed by atoms with Crippen LogP contribution in [0.15, 0.2) is 0 Å². The van der Waals surface area contributed by atoms with Crippen molar-refractivity contribution < 1.29 is 24.2 Å². The van der Waals surface area contributed by atoms with Crippen LogP contribution in [-0.2, 0) is 19.1 Å². The fraction of sp³-hybridized carbons (Fsp3) is 0.870. The minimum Gasteiger partial charge on any atom is -0.480 e. The number of aliphatic carboxylic acids is 1. The molecule has 0 aliphatic rings. The summed E-state index contributed by atoms with van der Waals surface area (Å²) >= 11 is 0. The van der Waals surface area contributed by atoms with Crippen LogP contribution >= 0.6 is 0 Å². The average molecular weight is 429 g/mol. The highest BCUT2D eigenvalue weighted by Crippen LogP contribution is 2.11. The highest BCUT2D eigenvalue weighted by atomic mass is 16.5. The Labute approximate surface area is 182 Å². The van der Waals surface area contributed by atoms with Gasteiger partial charge in [-0.25, -0.2) is 0 Å². The molecule has 0 aromatic heterocycles. The summed E-state index contributed by atoms with van der Waals surface area (Å²) in [6.45, 7) is 6.84. The number of nitrogens with one attached hydrogen (secondary N) is 1. The number of primary amides is 1. The molecule has 0 rings (SSSR count). The molecule has 0 spiro atoms. The topological polar surface area (TPSA) is 119 Å². The lowest BCUT2D eigenvalue weighted by molar-refractivity contribution is -0.141. The molecule has 7 nitrogen and oxygen atoms in total. The van der Waals surface area contributed by atoms with Crippen molar-refractivity contribution in [2.45, 2.75) is 110 Å². The number of unbranched alkanes of at least 4 members (excludes halogenated alkanes) is 9. The third-order valence-corrected chi connectivity index (χ3v) is 5.26. The molecule has 30 heavy (non-hydrogen) atoms. The summed E-state index contributed by atoms with van der Waals surface area (Å²) in [5, 5.41) is 11.9. The largest absolute Gasteiger partial charge is 0.480 e. The molecule has 0 saturated carbocycles.